The molecule has 0 fully saturated rings. The summed E-state index contributed by atoms with van der Waals surface area (Å²) in [6.45, 7) is 0. The molecule has 1 aliphatic rings. The van der Waals surface area contributed by atoms with E-state index in [9.17, 15) is 9.18 Å². The summed E-state index contributed by atoms with van der Waals surface area (Å²) >= 11 is 0. The fourth-order valence-corrected chi connectivity index (χ4v) is 2.59. The van der Waals surface area contributed by atoms with Gasteiger partial charge in [-0.2, -0.15) is 0 Å². The van der Waals surface area contributed by atoms with Gasteiger partial charge >= 0.3 is 0 Å². The minimum absolute atomic E-state index is 0.0926. The molecule has 0 aliphatic heterocycles. The van der Waals surface area contributed by atoms with E-state index in [0.29, 0.717) is 12.0 Å². The van der Waals surface area contributed by atoms with Crippen LogP contribution in [0.3, 0.4) is 0 Å². The summed E-state index contributed by atoms with van der Waals surface area (Å²) in [5.74, 6) is -0.565. The van der Waals surface area contributed by atoms with Crippen molar-refractivity contribution in [1.29, 1.82) is 0 Å². The molecule has 0 unspecified atom stereocenters. The van der Waals surface area contributed by atoms with E-state index in [0.717, 1.165) is 24.6 Å². The average molecular weight is 255 g/mol. The van der Waals surface area contributed by atoms with Gasteiger partial charge in [-0.05, 0) is 42.0 Å². The number of halogens is 1. The molecule has 1 aromatic heterocycles. The molecule has 0 bridgehead atoms. The Morgan fingerprint density at radius 3 is 2.84 bits per heavy atom. The van der Waals surface area contributed by atoms with Crippen molar-refractivity contribution in [3.05, 3.63) is 64.7 Å². The Morgan fingerprint density at radius 1 is 1.16 bits per heavy atom. The maximum absolute atomic E-state index is 13.0. The van der Waals surface area contributed by atoms with Crippen LogP contribution in [0, 0.1) is 5.82 Å². The van der Waals surface area contributed by atoms with Crippen molar-refractivity contribution in [3.63, 3.8) is 0 Å². The van der Waals surface area contributed by atoms with Crippen LogP contribution in [-0.4, -0.2) is 10.8 Å². The number of carbonyl (C=O) groups excluding carboxylic acids is 1. The average Bonchev–Trinajstić information content (AvgIpc) is 2.86. The predicted molar refractivity (Wildman–Crippen MR) is 70.7 cm³/mol. The predicted octanol–water partition coefficient (Wildman–Crippen LogP) is 3.13. The second-order valence-corrected chi connectivity index (χ2v) is 4.95. The number of carbonyl (C=O) groups is 1. The second kappa shape index (κ2) is 4.92. The molecular weight excluding hydrogens is 241 g/mol. The van der Waals surface area contributed by atoms with Gasteiger partial charge in [0.2, 0.25) is 0 Å². The van der Waals surface area contributed by atoms with E-state index in [1.807, 2.05) is 6.07 Å². The number of pyridine rings is 1. The van der Waals surface area contributed by atoms with Gasteiger partial charge in [0.15, 0.2) is 5.78 Å². The van der Waals surface area contributed by atoms with Crippen LogP contribution in [0.25, 0.3) is 0 Å². The standard InChI is InChI=1S/C16H14FNO/c17-15-8-14(9-18-10-15)16(19)7-11-4-5-12-2-1-3-13(12)6-11/h4-6,8-10H,1-3,7H2. The Labute approximate surface area is 111 Å². The molecule has 0 saturated heterocycles. The second-order valence-electron chi connectivity index (χ2n) is 4.95. The van der Waals surface area contributed by atoms with Crippen molar-refractivity contribution < 1.29 is 9.18 Å². The number of rotatable bonds is 3. The van der Waals surface area contributed by atoms with Gasteiger partial charge < -0.3 is 0 Å². The summed E-state index contributed by atoms with van der Waals surface area (Å²) in [5, 5.41) is 0. The molecule has 1 aliphatic carbocycles. The fourth-order valence-electron chi connectivity index (χ4n) is 2.59. The van der Waals surface area contributed by atoms with Gasteiger partial charge in [-0.25, -0.2) is 4.39 Å². The molecule has 19 heavy (non-hydrogen) atoms. The Balaban J connectivity index is 1.80. The topological polar surface area (TPSA) is 30.0 Å². The molecule has 3 rings (SSSR count). The molecule has 0 amide bonds. The summed E-state index contributed by atoms with van der Waals surface area (Å²) in [7, 11) is 0. The lowest BCUT2D eigenvalue weighted by Gasteiger charge is -2.04. The normalized spacial score (nSPS) is 13.3. The number of fused-ring (bicyclic) bond motifs is 1. The van der Waals surface area contributed by atoms with Gasteiger partial charge in [-0.15, -0.1) is 0 Å². The Hall–Kier alpha value is -2.03. The zero-order valence-electron chi connectivity index (χ0n) is 10.5. The molecule has 0 radical (unpaired) electrons. The maximum atomic E-state index is 13.0. The molecule has 0 spiro atoms. The highest BCUT2D eigenvalue weighted by Gasteiger charge is 2.13. The number of nitrogens with zero attached hydrogens (tertiary/aromatic N) is 1. The molecular formula is C16H14FNO. The van der Waals surface area contributed by atoms with Crippen LogP contribution < -0.4 is 0 Å². The molecule has 96 valence electrons. The van der Waals surface area contributed by atoms with Crippen LogP contribution in [0.2, 0.25) is 0 Å². The third kappa shape index (κ3) is 2.55. The van der Waals surface area contributed by atoms with Crippen LogP contribution in [0.15, 0.2) is 36.7 Å². The SMILES string of the molecule is O=C(Cc1ccc2c(c1)CCC2)c1cncc(F)c1. The Morgan fingerprint density at radius 2 is 2.00 bits per heavy atom. The molecule has 0 saturated carbocycles. The first-order valence-corrected chi connectivity index (χ1v) is 6.47. The van der Waals surface area contributed by atoms with Gasteiger partial charge in [0, 0.05) is 18.2 Å². The van der Waals surface area contributed by atoms with Crippen molar-refractivity contribution >= 4 is 5.78 Å². The van der Waals surface area contributed by atoms with Crippen LogP contribution in [-0.2, 0) is 19.3 Å². The van der Waals surface area contributed by atoms with Gasteiger partial charge in [-0.3, -0.25) is 9.78 Å². The first-order valence-electron chi connectivity index (χ1n) is 6.47. The van der Waals surface area contributed by atoms with E-state index in [1.165, 1.54) is 29.8 Å². The number of hydrogen-bond acceptors (Lipinski definition) is 2. The maximum Gasteiger partial charge on any atom is 0.168 e. The van der Waals surface area contributed by atoms with Crippen molar-refractivity contribution in [1.82, 2.24) is 4.98 Å². The number of ketones is 1. The van der Waals surface area contributed by atoms with Crippen LogP contribution in [0.5, 0.6) is 0 Å². The van der Waals surface area contributed by atoms with Crippen molar-refractivity contribution in [2.45, 2.75) is 25.7 Å². The first kappa shape index (κ1) is 12.0. The number of Topliss-reactive ketones (excluding diaryl/α,β-unsaturated/α-hetero) is 1. The van der Waals surface area contributed by atoms with Crippen LogP contribution >= 0.6 is 0 Å². The summed E-state index contributed by atoms with van der Waals surface area (Å²) in [4.78, 5) is 15.8. The quantitative estimate of drug-likeness (QED) is 0.789. The van der Waals surface area contributed by atoms with Crippen molar-refractivity contribution in [2.75, 3.05) is 0 Å². The minimum Gasteiger partial charge on any atom is -0.294 e. The molecule has 2 aromatic rings. The smallest absolute Gasteiger partial charge is 0.168 e. The van der Waals surface area contributed by atoms with Gasteiger partial charge in [0.25, 0.3) is 0 Å². The van der Waals surface area contributed by atoms with Crippen molar-refractivity contribution in [2.24, 2.45) is 0 Å². The van der Waals surface area contributed by atoms with E-state index in [1.54, 1.807) is 0 Å². The van der Waals surface area contributed by atoms with E-state index in [-0.39, 0.29) is 5.78 Å². The van der Waals surface area contributed by atoms with Crippen molar-refractivity contribution in [3.8, 4) is 0 Å². The Bertz CT molecular complexity index is 636. The van der Waals surface area contributed by atoms with Gasteiger partial charge in [0.1, 0.15) is 5.82 Å². The molecule has 0 N–H and O–H groups in total. The number of aromatic nitrogens is 1. The third-order valence-corrected chi connectivity index (χ3v) is 3.55. The largest absolute Gasteiger partial charge is 0.294 e. The van der Waals surface area contributed by atoms with Crippen LogP contribution in [0.1, 0.15) is 33.5 Å². The Kier molecular flexibility index (Phi) is 3.11. The molecule has 3 heteroatoms. The molecule has 2 nitrogen and oxygen atoms in total. The lowest BCUT2D eigenvalue weighted by atomic mass is 10.0. The van der Waals surface area contributed by atoms with E-state index in [4.69, 9.17) is 0 Å². The number of aryl methyl sites for hydroxylation is 2. The molecule has 1 heterocycles. The number of benzene rings is 1. The lowest BCUT2D eigenvalue weighted by molar-refractivity contribution is 0.0992. The van der Waals surface area contributed by atoms with Gasteiger partial charge in [-0.1, -0.05) is 18.2 Å². The van der Waals surface area contributed by atoms with E-state index in [2.05, 4.69) is 17.1 Å². The highest BCUT2D eigenvalue weighted by Crippen LogP contribution is 2.23. The third-order valence-electron chi connectivity index (χ3n) is 3.55. The lowest BCUT2D eigenvalue weighted by Crippen LogP contribution is -2.05. The zero-order chi connectivity index (χ0) is 13.2. The minimum atomic E-state index is -0.472. The molecule has 0 atom stereocenters. The highest BCUT2D eigenvalue weighted by atomic mass is 19.1. The summed E-state index contributed by atoms with van der Waals surface area (Å²) in [5.41, 5.74) is 4.07. The molecule has 1 aromatic carbocycles. The van der Waals surface area contributed by atoms with Gasteiger partial charge in [0.05, 0.1) is 6.20 Å². The summed E-state index contributed by atoms with van der Waals surface area (Å²) in [6.07, 6.45) is 6.25. The highest BCUT2D eigenvalue weighted by molar-refractivity contribution is 5.97. The zero-order valence-corrected chi connectivity index (χ0v) is 10.5. The summed E-state index contributed by atoms with van der Waals surface area (Å²) < 4.78 is 13.0. The van der Waals surface area contributed by atoms with E-state index < -0.39 is 5.82 Å². The first-order chi connectivity index (χ1) is 9.22. The monoisotopic (exact) mass is 255 g/mol. The van der Waals surface area contributed by atoms with Crippen LogP contribution in [0.4, 0.5) is 4.39 Å². The fraction of sp³-hybridized carbons (Fsp3) is 0.250. The summed E-state index contributed by atoms with van der Waals surface area (Å²) in [6, 6.07) is 7.44. The van der Waals surface area contributed by atoms with E-state index >= 15 is 0 Å². The number of hydrogen-bond donors (Lipinski definition) is 0.